The summed E-state index contributed by atoms with van der Waals surface area (Å²) in [4.78, 5) is 26.1. The number of nitrogens with zero attached hydrogens (tertiary/aromatic N) is 4. The van der Waals surface area contributed by atoms with E-state index in [1.165, 1.54) is 18.2 Å². The molecule has 2 amide bonds. The lowest BCUT2D eigenvalue weighted by molar-refractivity contribution is -0.143. The van der Waals surface area contributed by atoms with E-state index < -0.39 is 29.3 Å². The molecule has 1 N–H and O–H groups in total. The lowest BCUT2D eigenvalue weighted by Gasteiger charge is -2.16. The van der Waals surface area contributed by atoms with Gasteiger partial charge in [-0.1, -0.05) is 23.4 Å². The number of aromatic nitrogens is 3. The number of carbonyl (C=O) groups excluding carboxylic acids is 2. The Kier molecular flexibility index (Phi) is 5.64. The van der Waals surface area contributed by atoms with Crippen LogP contribution in [-0.2, 0) is 17.5 Å². The monoisotopic (exact) mass is 447 g/mol. The highest BCUT2D eigenvalue weighted by Gasteiger charge is 2.42. The molecule has 2 heterocycles. The number of hydrogen-bond donors (Lipinski definition) is 1. The van der Waals surface area contributed by atoms with Crippen molar-refractivity contribution in [2.75, 3.05) is 11.9 Å². The van der Waals surface area contributed by atoms with Crippen molar-refractivity contribution in [3.8, 4) is 5.69 Å². The van der Waals surface area contributed by atoms with Crippen LogP contribution in [0.1, 0.15) is 34.6 Å². The SMILES string of the molecule is O=C(Nc1cccc(CN2CCCC2=O)c1)c1nnn(-c2cccc(F)c2)c1C(F)(F)F. The molecule has 1 fully saturated rings. The normalized spacial score (nSPS) is 14.1. The molecule has 1 saturated heterocycles. The molecule has 0 unspecified atom stereocenters. The molecule has 7 nitrogen and oxygen atoms in total. The van der Waals surface area contributed by atoms with Crippen LogP contribution in [0.2, 0.25) is 0 Å². The second-order valence-corrected chi connectivity index (χ2v) is 7.25. The Hall–Kier alpha value is -3.76. The molecule has 1 aliphatic heterocycles. The Bertz CT molecular complexity index is 1170. The average Bonchev–Trinajstić information content (AvgIpc) is 3.35. The number of benzene rings is 2. The van der Waals surface area contributed by atoms with Gasteiger partial charge in [0.25, 0.3) is 5.91 Å². The fourth-order valence-electron chi connectivity index (χ4n) is 3.51. The molecule has 0 aliphatic carbocycles. The molecule has 0 saturated carbocycles. The lowest BCUT2D eigenvalue weighted by Crippen LogP contribution is -2.24. The van der Waals surface area contributed by atoms with Crippen molar-refractivity contribution in [3.05, 3.63) is 71.3 Å². The summed E-state index contributed by atoms with van der Waals surface area (Å²) in [6, 6.07) is 10.8. The predicted octanol–water partition coefficient (Wildman–Crippen LogP) is 3.80. The maximum atomic E-state index is 13.7. The van der Waals surface area contributed by atoms with Crippen molar-refractivity contribution in [1.29, 1.82) is 0 Å². The molecule has 32 heavy (non-hydrogen) atoms. The number of carbonyl (C=O) groups is 2. The van der Waals surface area contributed by atoms with Gasteiger partial charge >= 0.3 is 6.18 Å². The summed E-state index contributed by atoms with van der Waals surface area (Å²) in [7, 11) is 0. The lowest BCUT2D eigenvalue weighted by atomic mass is 10.2. The van der Waals surface area contributed by atoms with Crippen LogP contribution in [-0.4, -0.2) is 38.3 Å². The number of alkyl halides is 3. The van der Waals surface area contributed by atoms with Crippen LogP contribution in [0.4, 0.5) is 23.2 Å². The van der Waals surface area contributed by atoms with Crippen molar-refractivity contribution in [2.45, 2.75) is 25.6 Å². The number of anilines is 1. The zero-order chi connectivity index (χ0) is 22.9. The Morgan fingerprint density at radius 3 is 2.59 bits per heavy atom. The standard InChI is InChI=1S/C21H17F4N5O2/c22-14-5-2-7-16(11-14)30-19(21(23,24)25)18(27-28-30)20(32)26-15-6-1-4-13(10-15)12-29-9-3-8-17(29)31/h1-2,4-7,10-11H,3,8-9,12H2,(H,26,32). The first kappa shape index (κ1) is 21.5. The third-order valence-corrected chi connectivity index (χ3v) is 4.94. The van der Waals surface area contributed by atoms with Gasteiger partial charge in [-0.25, -0.2) is 9.07 Å². The van der Waals surface area contributed by atoms with Crippen LogP contribution in [0.5, 0.6) is 0 Å². The highest BCUT2D eigenvalue weighted by atomic mass is 19.4. The second kappa shape index (κ2) is 8.40. The van der Waals surface area contributed by atoms with Crippen LogP contribution in [0.25, 0.3) is 5.69 Å². The summed E-state index contributed by atoms with van der Waals surface area (Å²) < 4.78 is 55.1. The molecule has 4 rings (SSSR count). The Balaban J connectivity index is 1.60. The van der Waals surface area contributed by atoms with Crippen LogP contribution in [0.15, 0.2) is 48.5 Å². The van der Waals surface area contributed by atoms with E-state index in [4.69, 9.17) is 0 Å². The Morgan fingerprint density at radius 1 is 1.12 bits per heavy atom. The zero-order valence-electron chi connectivity index (χ0n) is 16.6. The van der Waals surface area contributed by atoms with Gasteiger partial charge in [0.05, 0.1) is 5.69 Å². The van der Waals surface area contributed by atoms with Crippen molar-refractivity contribution in [2.24, 2.45) is 0 Å². The summed E-state index contributed by atoms with van der Waals surface area (Å²) in [5.41, 5.74) is -1.62. The van der Waals surface area contributed by atoms with Gasteiger partial charge in [-0.3, -0.25) is 9.59 Å². The first-order valence-corrected chi connectivity index (χ1v) is 9.69. The van der Waals surface area contributed by atoms with E-state index >= 15 is 0 Å². The summed E-state index contributed by atoms with van der Waals surface area (Å²) in [6.45, 7) is 0.972. The Morgan fingerprint density at radius 2 is 1.91 bits per heavy atom. The number of hydrogen-bond acceptors (Lipinski definition) is 4. The van der Waals surface area contributed by atoms with Gasteiger partial charge in [-0.2, -0.15) is 13.2 Å². The van der Waals surface area contributed by atoms with Crippen molar-refractivity contribution >= 4 is 17.5 Å². The van der Waals surface area contributed by atoms with E-state index in [0.29, 0.717) is 24.2 Å². The summed E-state index contributed by atoms with van der Waals surface area (Å²) in [5.74, 6) is -1.84. The smallest absolute Gasteiger partial charge is 0.338 e. The highest BCUT2D eigenvalue weighted by molar-refractivity contribution is 6.03. The van der Waals surface area contributed by atoms with Gasteiger partial charge in [-0.15, -0.1) is 5.10 Å². The van der Waals surface area contributed by atoms with Gasteiger partial charge in [0.2, 0.25) is 5.91 Å². The van der Waals surface area contributed by atoms with E-state index in [-0.39, 0.29) is 17.3 Å². The topological polar surface area (TPSA) is 80.1 Å². The quantitative estimate of drug-likeness (QED) is 0.604. The van der Waals surface area contributed by atoms with Gasteiger partial charge in [-0.05, 0) is 42.3 Å². The minimum Gasteiger partial charge on any atom is -0.338 e. The van der Waals surface area contributed by atoms with Crippen LogP contribution >= 0.6 is 0 Å². The molecule has 1 aliphatic rings. The molecule has 1 aromatic heterocycles. The van der Waals surface area contributed by atoms with E-state index in [9.17, 15) is 27.2 Å². The average molecular weight is 447 g/mol. The molecular formula is C21H17F4N5O2. The van der Waals surface area contributed by atoms with Gasteiger partial charge in [0.15, 0.2) is 11.4 Å². The number of rotatable bonds is 5. The molecule has 3 aromatic rings. The van der Waals surface area contributed by atoms with Gasteiger partial charge in [0.1, 0.15) is 5.82 Å². The van der Waals surface area contributed by atoms with E-state index in [1.807, 2.05) is 0 Å². The summed E-state index contributed by atoms with van der Waals surface area (Å²) >= 11 is 0. The molecule has 0 spiro atoms. The summed E-state index contributed by atoms with van der Waals surface area (Å²) in [6.07, 6.45) is -3.71. The van der Waals surface area contributed by atoms with Gasteiger partial charge in [0, 0.05) is 25.2 Å². The largest absolute Gasteiger partial charge is 0.435 e. The van der Waals surface area contributed by atoms with E-state index in [0.717, 1.165) is 24.1 Å². The van der Waals surface area contributed by atoms with Crippen molar-refractivity contribution < 1.29 is 27.2 Å². The molecule has 0 bridgehead atoms. The highest BCUT2D eigenvalue weighted by Crippen LogP contribution is 2.33. The van der Waals surface area contributed by atoms with Crippen LogP contribution in [0, 0.1) is 5.82 Å². The van der Waals surface area contributed by atoms with Gasteiger partial charge < -0.3 is 10.2 Å². The first-order chi connectivity index (χ1) is 15.2. The van der Waals surface area contributed by atoms with Crippen molar-refractivity contribution in [3.63, 3.8) is 0 Å². The minimum absolute atomic E-state index is 0.0308. The number of halogens is 4. The molecule has 2 aromatic carbocycles. The molecule has 0 radical (unpaired) electrons. The van der Waals surface area contributed by atoms with Crippen molar-refractivity contribution in [1.82, 2.24) is 19.9 Å². The van der Waals surface area contributed by atoms with E-state index in [1.54, 1.807) is 23.1 Å². The molecule has 0 atom stereocenters. The number of amides is 2. The first-order valence-electron chi connectivity index (χ1n) is 9.69. The maximum absolute atomic E-state index is 13.7. The van der Waals surface area contributed by atoms with Crippen LogP contribution in [0.3, 0.4) is 0 Å². The van der Waals surface area contributed by atoms with Crippen LogP contribution < -0.4 is 5.32 Å². The maximum Gasteiger partial charge on any atom is 0.435 e. The second-order valence-electron chi connectivity index (χ2n) is 7.25. The molecule has 11 heteroatoms. The third kappa shape index (κ3) is 4.46. The van der Waals surface area contributed by atoms with E-state index in [2.05, 4.69) is 15.6 Å². The molecular weight excluding hydrogens is 430 g/mol. The third-order valence-electron chi connectivity index (χ3n) is 4.94. The fourth-order valence-corrected chi connectivity index (χ4v) is 3.51. The number of nitrogens with one attached hydrogen (secondary N) is 1. The number of likely N-dealkylation sites (tertiary alicyclic amines) is 1. The zero-order valence-corrected chi connectivity index (χ0v) is 16.6. The fraction of sp³-hybridized carbons (Fsp3) is 0.238. The Labute approximate surface area is 179 Å². The predicted molar refractivity (Wildman–Crippen MR) is 105 cm³/mol. The molecule has 166 valence electrons. The minimum atomic E-state index is -4.97. The summed E-state index contributed by atoms with van der Waals surface area (Å²) in [5, 5.41) is 9.22.